The molecular weight excluding hydrogens is 505 g/mol. The molecule has 0 unspecified atom stereocenters. The first-order valence-electron chi connectivity index (χ1n) is 12.9. The number of unbranched alkanes of at least 4 members (excludes halogenated alkanes) is 14. The Morgan fingerprint density at radius 3 is 0.969 bits per heavy atom. The minimum absolute atomic E-state index is 0. The van der Waals surface area contributed by atoms with Crippen molar-refractivity contribution in [2.75, 3.05) is 0 Å². The van der Waals surface area contributed by atoms with Gasteiger partial charge in [0, 0.05) is 0 Å². The van der Waals surface area contributed by atoms with Crippen LogP contribution in [0.4, 0.5) is 0 Å². The fraction of sp³-hybridized carbons (Fsp3) is 0.923. The van der Waals surface area contributed by atoms with Crippen molar-refractivity contribution in [3.05, 3.63) is 13.8 Å². The van der Waals surface area contributed by atoms with Crippen LogP contribution >= 0.6 is 17.9 Å². The van der Waals surface area contributed by atoms with E-state index in [1.54, 1.807) is 0 Å². The van der Waals surface area contributed by atoms with Gasteiger partial charge in [0.25, 0.3) is 0 Å². The van der Waals surface area contributed by atoms with E-state index in [2.05, 4.69) is 65.6 Å². The van der Waals surface area contributed by atoms with Crippen molar-refractivity contribution in [2.45, 2.75) is 143 Å². The van der Waals surface area contributed by atoms with Crippen molar-refractivity contribution in [1.82, 2.24) is 0 Å². The second-order valence-electron chi connectivity index (χ2n) is 9.54. The summed E-state index contributed by atoms with van der Waals surface area (Å²) in [7, 11) is 0. The third-order valence-electron chi connectivity index (χ3n) is 5.06. The Morgan fingerprint density at radius 2 is 0.781 bits per heavy atom. The predicted molar refractivity (Wildman–Crippen MR) is 151 cm³/mol. The van der Waals surface area contributed by atoms with Gasteiger partial charge in [-0.1, -0.05) is 143 Å². The molecule has 0 saturated carbocycles. The molecule has 0 atom stereocenters. The van der Waals surface area contributed by atoms with Crippen molar-refractivity contribution in [3.8, 4) is 0 Å². The third kappa shape index (κ3) is 63.4. The molecule has 0 aromatic rings. The Hall–Kier alpha value is 1.54. The van der Waals surface area contributed by atoms with Gasteiger partial charge < -0.3 is 23.6 Å². The normalized spacial score (nSPS) is 10.8. The van der Waals surface area contributed by atoms with Crippen LogP contribution in [0.1, 0.15) is 143 Å². The number of thiol groups is 1. The van der Waals surface area contributed by atoms with Crippen molar-refractivity contribution in [3.63, 3.8) is 0 Å². The Balaban J connectivity index is -0.000000198. The summed E-state index contributed by atoms with van der Waals surface area (Å²) < 4.78 is 0. The molecule has 0 spiro atoms. The van der Waals surface area contributed by atoms with Crippen LogP contribution in [0.15, 0.2) is 0 Å². The van der Waals surface area contributed by atoms with Gasteiger partial charge in [-0.3, -0.25) is 0 Å². The zero-order valence-corrected chi connectivity index (χ0v) is 27.8. The minimum Gasteiger partial charge on any atom is -0.343 e. The van der Waals surface area contributed by atoms with E-state index in [0.717, 1.165) is 24.7 Å². The number of hydrogen-bond donors (Lipinski definition) is 3. The first-order valence-corrected chi connectivity index (χ1v) is 16.8. The zero-order chi connectivity index (χ0) is 24.4. The zero-order valence-electron chi connectivity index (χ0n) is 22.2. The minimum atomic E-state index is -3.11. The second kappa shape index (κ2) is 32.5. The summed E-state index contributed by atoms with van der Waals surface area (Å²) in [5.41, 5.74) is -3.11. The van der Waals surface area contributed by atoms with Gasteiger partial charge >= 0.3 is 19.5 Å². The fourth-order valence-corrected chi connectivity index (χ4v) is 3.23. The molecule has 2 N–H and O–H groups in total. The van der Waals surface area contributed by atoms with E-state index in [9.17, 15) is 0 Å². The van der Waals surface area contributed by atoms with Gasteiger partial charge in [-0.05, 0) is 23.6 Å². The van der Waals surface area contributed by atoms with Crippen LogP contribution in [-0.4, -0.2) is 9.79 Å². The third-order valence-corrected chi connectivity index (χ3v) is 5.06. The van der Waals surface area contributed by atoms with Crippen LogP contribution in [0.5, 0.6) is 0 Å². The van der Waals surface area contributed by atoms with E-state index in [1.807, 2.05) is 0 Å². The van der Waals surface area contributed by atoms with Gasteiger partial charge in [0.05, 0.1) is 0 Å². The summed E-state index contributed by atoms with van der Waals surface area (Å²) in [5, 5.41) is 0. The maximum absolute atomic E-state index is 7.87. The molecule has 6 heteroatoms. The summed E-state index contributed by atoms with van der Waals surface area (Å²) in [6, 6.07) is 0. The molecule has 0 aromatic carbocycles. The second-order valence-corrected chi connectivity index (χ2v) is 14.6. The van der Waals surface area contributed by atoms with E-state index in [4.69, 9.17) is 9.79 Å². The van der Waals surface area contributed by atoms with Crippen LogP contribution in [-0.2, 0) is 31.3 Å². The van der Waals surface area contributed by atoms with Crippen molar-refractivity contribution in [1.29, 1.82) is 0 Å². The molecule has 0 fully saturated rings. The molecule has 0 amide bonds. The molecule has 32 heavy (non-hydrogen) atoms. The Labute approximate surface area is 227 Å². The molecule has 0 bridgehead atoms. The summed E-state index contributed by atoms with van der Waals surface area (Å²) in [6.45, 7) is 17.0. The summed E-state index contributed by atoms with van der Waals surface area (Å²) >= 11 is 7.07. The summed E-state index contributed by atoms with van der Waals surface area (Å²) in [4.78, 5) is 15.7. The monoisotopic (exact) mass is 560 g/mol. The smallest absolute Gasteiger partial charge is 0.343 e. The van der Waals surface area contributed by atoms with Crippen LogP contribution in [0.2, 0.25) is 0 Å². The molecule has 0 aliphatic carbocycles. The molecule has 0 aromatic heterocycles. The summed E-state index contributed by atoms with van der Waals surface area (Å²) in [6.07, 6.45) is 24.9. The maximum atomic E-state index is 7.87. The number of rotatable bonds is 18. The first-order chi connectivity index (χ1) is 14.5. The predicted octanol–water partition coefficient (Wildman–Crippen LogP) is 10.1. The first kappa shape index (κ1) is 40.7. The molecule has 0 aliphatic rings. The average Bonchev–Trinajstić information content (AvgIpc) is 2.65. The van der Waals surface area contributed by atoms with E-state index >= 15 is 0 Å². The Morgan fingerprint density at radius 1 is 0.594 bits per heavy atom. The van der Waals surface area contributed by atoms with E-state index < -0.39 is 5.69 Å². The molecule has 0 heterocycles. The van der Waals surface area contributed by atoms with Gasteiger partial charge in [0.15, 0.2) is 0 Å². The molecule has 0 aliphatic heterocycles. The van der Waals surface area contributed by atoms with Crippen molar-refractivity contribution in [2.24, 2.45) is 11.8 Å². The van der Waals surface area contributed by atoms with Gasteiger partial charge in [-0.25, -0.2) is 0 Å². The SMILES string of the molecule is OP(O)(=S)S.[CH2-]CCCCCCCCCC(C)C.[CH2-]CCCCCCCCCC(C)C.[Zn+2]. The largest absolute Gasteiger partial charge is 2.00 e. The van der Waals surface area contributed by atoms with Crippen LogP contribution in [0.25, 0.3) is 0 Å². The van der Waals surface area contributed by atoms with Gasteiger partial charge in [-0.2, -0.15) is 12.8 Å². The van der Waals surface area contributed by atoms with Crippen molar-refractivity contribution < 1.29 is 29.3 Å². The van der Waals surface area contributed by atoms with E-state index in [0.29, 0.717) is 0 Å². The van der Waals surface area contributed by atoms with Gasteiger partial charge in [0.1, 0.15) is 0 Å². The number of hydrogen-bond acceptors (Lipinski definition) is 1. The molecule has 2 nitrogen and oxygen atoms in total. The fourth-order valence-electron chi connectivity index (χ4n) is 3.23. The van der Waals surface area contributed by atoms with Crippen LogP contribution in [0, 0.1) is 25.7 Å². The van der Waals surface area contributed by atoms with E-state index in [-0.39, 0.29) is 19.5 Å². The maximum Gasteiger partial charge on any atom is 2.00 e. The topological polar surface area (TPSA) is 40.5 Å². The van der Waals surface area contributed by atoms with Crippen LogP contribution in [0.3, 0.4) is 0 Å². The standard InChI is InChI=1S/2C13H27.H3O2PS2.Zn/c2*1-4-5-6-7-8-9-10-11-12-13(2)3;1-3(2,4)5;/h2*13H,1,4-12H2,2-3H3;(H3,1,2,4,5);/q2*-1;;+2. The Kier molecular flexibility index (Phi) is 41.4. The quantitative estimate of drug-likeness (QED) is 0.0512. The molecular formula is C26H57O2PS2Zn. The molecule has 0 saturated heterocycles. The van der Waals surface area contributed by atoms with Gasteiger partial charge in [-0.15, -0.1) is 0 Å². The molecule has 192 valence electrons. The summed E-state index contributed by atoms with van der Waals surface area (Å²) in [5.74, 6) is 1.79. The Bertz CT molecular complexity index is 331. The average molecular weight is 562 g/mol. The van der Waals surface area contributed by atoms with Gasteiger partial charge in [0.2, 0.25) is 5.69 Å². The molecule has 0 radical (unpaired) electrons. The van der Waals surface area contributed by atoms with Crippen molar-refractivity contribution >= 4 is 29.7 Å². The van der Waals surface area contributed by atoms with Crippen LogP contribution < -0.4 is 0 Å². The molecule has 0 rings (SSSR count). The van der Waals surface area contributed by atoms with E-state index in [1.165, 1.54) is 103 Å².